The van der Waals surface area contributed by atoms with Crippen LogP contribution in [0.25, 0.3) is 0 Å². The van der Waals surface area contributed by atoms with Gasteiger partial charge in [-0.15, -0.1) is 6.58 Å². The first kappa shape index (κ1) is 12.7. The van der Waals surface area contributed by atoms with Crippen LogP contribution in [-0.4, -0.2) is 17.1 Å². The fourth-order valence-electron chi connectivity index (χ4n) is 1.69. The quantitative estimate of drug-likeness (QED) is 0.790. The van der Waals surface area contributed by atoms with Crippen LogP contribution in [0.15, 0.2) is 31.1 Å². The third-order valence-electron chi connectivity index (χ3n) is 2.52. The van der Waals surface area contributed by atoms with Crippen LogP contribution >= 0.6 is 0 Å². The molecule has 1 aromatic heterocycles. The molecular weight excluding hydrogens is 198 g/mol. The van der Waals surface area contributed by atoms with E-state index < -0.39 is 0 Å². The third kappa shape index (κ3) is 2.83. The standard InChI is InChI=1S/C13H21N3/c1-5-8-16(13(2,3)4)12-10-15-7-6-11(12)9-14/h5-7,10H,1,8-9,14H2,2-4H3. The molecule has 1 heterocycles. The van der Waals surface area contributed by atoms with Crippen molar-refractivity contribution in [1.29, 1.82) is 0 Å². The van der Waals surface area contributed by atoms with Crippen molar-refractivity contribution < 1.29 is 0 Å². The maximum atomic E-state index is 5.75. The summed E-state index contributed by atoms with van der Waals surface area (Å²) in [5.74, 6) is 0. The van der Waals surface area contributed by atoms with Crippen molar-refractivity contribution >= 4 is 5.69 Å². The number of rotatable bonds is 4. The largest absolute Gasteiger partial charge is 0.361 e. The fourth-order valence-corrected chi connectivity index (χ4v) is 1.69. The van der Waals surface area contributed by atoms with E-state index in [-0.39, 0.29) is 5.54 Å². The van der Waals surface area contributed by atoms with Crippen molar-refractivity contribution in [2.75, 3.05) is 11.4 Å². The molecule has 2 N–H and O–H groups in total. The van der Waals surface area contributed by atoms with Gasteiger partial charge in [-0.25, -0.2) is 0 Å². The van der Waals surface area contributed by atoms with Crippen molar-refractivity contribution in [3.05, 3.63) is 36.7 Å². The first-order chi connectivity index (χ1) is 7.50. The Morgan fingerprint density at radius 3 is 2.69 bits per heavy atom. The van der Waals surface area contributed by atoms with E-state index in [1.807, 2.05) is 18.3 Å². The lowest BCUT2D eigenvalue weighted by Crippen LogP contribution is -2.42. The lowest BCUT2D eigenvalue weighted by Gasteiger charge is -2.37. The maximum Gasteiger partial charge on any atom is 0.0605 e. The number of pyridine rings is 1. The summed E-state index contributed by atoms with van der Waals surface area (Å²) in [5, 5.41) is 0. The highest BCUT2D eigenvalue weighted by molar-refractivity contribution is 5.54. The molecule has 0 fully saturated rings. The van der Waals surface area contributed by atoms with Crippen LogP contribution in [0.5, 0.6) is 0 Å². The first-order valence-electron chi connectivity index (χ1n) is 5.52. The summed E-state index contributed by atoms with van der Waals surface area (Å²) in [6.45, 7) is 11.6. The second-order valence-corrected chi connectivity index (χ2v) is 4.78. The summed E-state index contributed by atoms with van der Waals surface area (Å²) < 4.78 is 0. The summed E-state index contributed by atoms with van der Waals surface area (Å²) in [4.78, 5) is 6.44. The molecule has 16 heavy (non-hydrogen) atoms. The minimum Gasteiger partial charge on any atom is -0.361 e. The van der Waals surface area contributed by atoms with E-state index >= 15 is 0 Å². The molecule has 0 aliphatic heterocycles. The van der Waals surface area contributed by atoms with Gasteiger partial charge in [0.05, 0.1) is 11.9 Å². The van der Waals surface area contributed by atoms with E-state index in [2.05, 4.69) is 37.2 Å². The van der Waals surface area contributed by atoms with E-state index in [0.29, 0.717) is 6.54 Å². The summed E-state index contributed by atoms with van der Waals surface area (Å²) >= 11 is 0. The number of anilines is 1. The SMILES string of the molecule is C=CCN(c1cnccc1CN)C(C)(C)C. The Morgan fingerprint density at radius 1 is 1.50 bits per heavy atom. The van der Waals surface area contributed by atoms with Gasteiger partial charge in [0.1, 0.15) is 0 Å². The highest BCUT2D eigenvalue weighted by atomic mass is 15.2. The lowest BCUT2D eigenvalue weighted by atomic mass is 10.0. The first-order valence-corrected chi connectivity index (χ1v) is 5.52. The Labute approximate surface area is 98.0 Å². The predicted molar refractivity (Wildman–Crippen MR) is 69.4 cm³/mol. The van der Waals surface area contributed by atoms with Crippen molar-refractivity contribution in [3.8, 4) is 0 Å². The van der Waals surface area contributed by atoms with E-state index in [4.69, 9.17) is 5.73 Å². The molecule has 1 aromatic rings. The Balaban J connectivity index is 3.15. The van der Waals surface area contributed by atoms with Gasteiger partial charge in [0.2, 0.25) is 0 Å². The molecule has 0 bridgehead atoms. The zero-order valence-electron chi connectivity index (χ0n) is 10.4. The molecule has 0 spiro atoms. The molecule has 0 amide bonds. The van der Waals surface area contributed by atoms with Crippen molar-refractivity contribution in [1.82, 2.24) is 4.98 Å². The molecule has 0 aromatic carbocycles. The minimum absolute atomic E-state index is 0.0289. The number of hydrogen-bond acceptors (Lipinski definition) is 3. The fraction of sp³-hybridized carbons (Fsp3) is 0.462. The summed E-state index contributed by atoms with van der Waals surface area (Å²) in [5.41, 5.74) is 7.99. The molecule has 0 aliphatic rings. The average molecular weight is 219 g/mol. The molecule has 3 heteroatoms. The third-order valence-corrected chi connectivity index (χ3v) is 2.52. The van der Waals surface area contributed by atoms with E-state index in [1.54, 1.807) is 6.20 Å². The summed E-state index contributed by atoms with van der Waals surface area (Å²) in [6, 6.07) is 1.97. The predicted octanol–water partition coefficient (Wildman–Crippen LogP) is 2.33. The molecule has 3 nitrogen and oxygen atoms in total. The topological polar surface area (TPSA) is 42.2 Å². The lowest BCUT2D eigenvalue weighted by molar-refractivity contribution is 0.520. The van der Waals surface area contributed by atoms with Gasteiger partial charge >= 0.3 is 0 Å². The van der Waals surface area contributed by atoms with Crippen LogP contribution in [-0.2, 0) is 6.54 Å². The molecule has 0 unspecified atom stereocenters. The van der Waals surface area contributed by atoms with Crippen LogP contribution in [0, 0.1) is 0 Å². The van der Waals surface area contributed by atoms with Gasteiger partial charge < -0.3 is 10.6 Å². The molecule has 0 radical (unpaired) electrons. The van der Waals surface area contributed by atoms with E-state index in [0.717, 1.165) is 17.8 Å². The monoisotopic (exact) mass is 219 g/mol. The number of hydrogen-bond donors (Lipinski definition) is 1. The number of nitrogens with two attached hydrogens (primary N) is 1. The molecule has 0 atom stereocenters. The van der Waals surface area contributed by atoms with Crippen LogP contribution < -0.4 is 10.6 Å². The Bertz CT molecular complexity index is 352. The number of nitrogens with zero attached hydrogens (tertiary/aromatic N) is 2. The van der Waals surface area contributed by atoms with Gasteiger partial charge in [0.25, 0.3) is 0 Å². The van der Waals surface area contributed by atoms with Crippen molar-refractivity contribution in [2.24, 2.45) is 5.73 Å². The zero-order chi connectivity index (χ0) is 12.2. The van der Waals surface area contributed by atoms with Crippen LogP contribution in [0.4, 0.5) is 5.69 Å². The molecule has 0 saturated carbocycles. The molecule has 1 rings (SSSR count). The van der Waals surface area contributed by atoms with Crippen LogP contribution in [0.1, 0.15) is 26.3 Å². The van der Waals surface area contributed by atoms with Gasteiger partial charge in [-0.1, -0.05) is 6.08 Å². The van der Waals surface area contributed by atoms with Crippen LogP contribution in [0.2, 0.25) is 0 Å². The average Bonchev–Trinajstić information content (AvgIpc) is 2.24. The molecule has 0 saturated heterocycles. The second kappa shape index (κ2) is 5.12. The van der Waals surface area contributed by atoms with Gasteiger partial charge in [0, 0.05) is 24.8 Å². The Kier molecular flexibility index (Phi) is 4.07. The van der Waals surface area contributed by atoms with Gasteiger partial charge in [0.15, 0.2) is 0 Å². The zero-order valence-corrected chi connectivity index (χ0v) is 10.4. The van der Waals surface area contributed by atoms with E-state index in [1.165, 1.54) is 0 Å². The van der Waals surface area contributed by atoms with Gasteiger partial charge in [-0.2, -0.15) is 0 Å². The minimum atomic E-state index is 0.0289. The molecular formula is C13H21N3. The summed E-state index contributed by atoms with van der Waals surface area (Å²) in [6.07, 6.45) is 5.55. The van der Waals surface area contributed by atoms with Crippen molar-refractivity contribution in [2.45, 2.75) is 32.9 Å². The van der Waals surface area contributed by atoms with Crippen molar-refractivity contribution in [3.63, 3.8) is 0 Å². The van der Waals surface area contributed by atoms with E-state index in [9.17, 15) is 0 Å². The molecule has 0 aliphatic carbocycles. The normalized spacial score (nSPS) is 11.2. The Morgan fingerprint density at radius 2 is 2.19 bits per heavy atom. The second-order valence-electron chi connectivity index (χ2n) is 4.78. The van der Waals surface area contributed by atoms with Crippen LogP contribution in [0.3, 0.4) is 0 Å². The highest BCUT2D eigenvalue weighted by Crippen LogP contribution is 2.26. The number of aromatic nitrogens is 1. The highest BCUT2D eigenvalue weighted by Gasteiger charge is 2.22. The van der Waals surface area contributed by atoms with Gasteiger partial charge in [-0.3, -0.25) is 4.98 Å². The summed E-state index contributed by atoms with van der Waals surface area (Å²) in [7, 11) is 0. The molecule has 88 valence electrons. The maximum absolute atomic E-state index is 5.75. The Hall–Kier alpha value is -1.35. The smallest absolute Gasteiger partial charge is 0.0605 e. The van der Waals surface area contributed by atoms with Gasteiger partial charge in [-0.05, 0) is 32.4 Å².